The van der Waals surface area contributed by atoms with Gasteiger partial charge in [0.2, 0.25) is 0 Å². The fraction of sp³-hybridized carbons (Fsp3) is 0.368. The zero-order valence-electron chi connectivity index (χ0n) is 12.8. The maximum atomic E-state index is 10.2. The molecule has 0 saturated carbocycles. The van der Waals surface area contributed by atoms with Crippen LogP contribution in [-0.4, -0.2) is 5.11 Å². The van der Waals surface area contributed by atoms with Gasteiger partial charge < -0.3 is 5.11 Å². The molecule has 0 fully saturated rings. The Bertz CT molecular complexity index is 521. The van der Waals surface area contributed by atoms with Gasteiger partial charge in [-0.05, 0) is 48.6 Å². The zero-order chi connectivity index (χ0) is 15.1. The number of benzene rings is 2. The Morgan fingerprint density at radius 3 is 2.14 bits per heavy atom. The van der Waals surface area contributed by atoms with Crippen LogP contribution in [0.3, 0.4) is 0 Å². The van der Waals surface area contributed by atoms with Crippen LogP contribution in [0, 0.1) is 5.92 Å². The van der Waals surface area contributed by atoms with E-state index >= 15 is 0 Å². The second kappa shape index (κ2) is 8.26. The second-order valence-electron chi connectivity index (χ2n) is 5.59. The van der Waals surface area contributed by atoms with Gasteiger partial charge in [0.15, 0.2) is 0 Å². The van der Waals surface area contributed by atoms with E-state index in [1.54, 1.807) is 11.8 Å². The molecule has 0 heterocycles. The Balaban J connectivity index is 1.92. The highest BCUT2D eigenvalue weighted by Crippen LogP contribution is 2.29. The van der Waals surface area contributed by atoms with Crippen molar-refractivity contribution in [1.29, 1.82) is 0 Å². The molecule has 2 rings (SSSR count). The van der Waals surface area contributed by atoms with Crippen molar-refractivity contribution < 1.29 is 5.11 Å². The van der Waals surface area contributed by atoms with Crippen molar-refractivity contribution in [3.05, 3.63) is 60.2 Å². The summed E-state index contributed by atoms with van der Waals surface area (Å²) < 4.78 is 0. The van der Waals surface area contributed by atoms with Crippen molar-refractivity contribution in [2.75, 3.05) is 0 Å². The van der Waals surface area contributed by atoms with Crippen LogP contribution in [0.2, 0.25) is 0 Å². The van der Waals surface area contributed by atoms with E-state index in [1.165, 1.54) is 16.2 Å². The lowest BCUT2D eigenvalue weighted by Crippen LogP contribution is -2.01. The normalized spacial score (nSPS) is 13.9. The van der Waals surface area contributed by atoms with Crippen LogP contribution in [0.25, 0.3) is 0 Å². The Morgan fingerprint density at radius 2 is 1.52 bits per heavy atom. The summed E-state index contributed by atoms with van der Waals surface area (Å²) in [5.74, 6) is 0.688. The van der Waals surface area contributed by atoms with E-state index in [9.17, 15) is 5.11 Å². The monoisotopic (exact) mass is 300 g/mol. The fourth-order valence-corrected chi connectivity index (χ4v) is 3.03. The number of hydrogen-bond acceptors (Lipinski definition) is 2. The van der Waals surface area contributed by atoms with E-state index in [1.807, 2.05) is 18.2 Å². The van der Waals surface area contributed by atoms with E-state index in [0.29, 0.717) is 5.92 Å². The first-order chi connectivity index (χ1) is 10.2. The van der Waals surface area contributed by atoms with Crippen molar-refractivity contribution in [1.82, 2.24) is 0 Å². The lowest BCUT2D eigenvalue weighted by molar-refractivity contribution is 0.157. The summed E-state index contributed by atoms with van der Waals surface area (Å²) in [4.78, 5) is 2.45. The minimum atomic E-state index is -0.338. The molecule has 0 aromatic heterocycles. The molecule has 112 valence electrons. The van der Waals surface area contributed by atoms with Gasteiger partial charge in [-0.1, -0.05) is 62.4 Å². The van der Waals surface area contributed by atoms with Gasteiger partial charge in [0, 0.05) is 9.79 Å². The van der Waals surface area contributed by atoms with Crippen LogP contribution >= 0.6 is 11.8 Å². The smallest absolute Gasteiger partial charge is 0.0790 e. The van der Waals surface area contributed by atoms with Crippen molar-refractivity contribution in [3.8, 4) is 0 Å². The molecule has 0 amide bonds. The van der Waals surface area contributed by atoms with Gasteiger partial charge in [-0.3, -0.25) is 0 Å². The molecule has 1 nitrogen and oxygen atoms in total. The van der Waals surface area contributed by atoms with Gasteiger partial charge in [0.1, 0.15) is 0 Å². The van der Waals surface area contributed by atoms with Gasteiger partial charge in [0.25, 0.3) is 0 Å². The topological polar surface area (TPSA) is 20.2 Å². The molecule has 2 aromatic carbocycles. The SMILES string of the molecule is CCC(C)CCC(O)c1ccc(Sc2ccccc2)cc1. The molecule has 0 radical (unpaired) electrons. The summed E-state index contributed by atoms with van der Waals surface area (Å²) in [5.41, 5.74) is 1.02. The molecule has 21 heavy (non-hydrogen) atoms. The second-order valence-corrected chi connectivity index (χ2v) is 6.74. The number of hydrogen-bond donors (Lipinski definition) is 1. The first-order valence-electron chi connectivity index (χ1n) is 7.70. The Kier molecular flexibility index (Phi) is 6.34. The average molecular weight is 300 g/mol. The van der Waals surface area contributed by atoms with Gasteiger partial charge in [-0.25, -0.2) is 0 Å². The number of aliphatic hydroxyl groups is 1. The van der Waals surface area contributed by atoms with Crippen LogP contribution in [-0.2, 0) is 0 Å². The minimum absolute atomic E-state index is 0.338. The first-order valence-corrected chi connectivity index (χ1v) is 8.51. The molecule has 0 bridgehead atoms. The number of rotatable bonds is 7. The maximum absolute atomic E-state index is 10.2. The molecular weight excluding hydrogens is 276 g/mol. The molecule has 2 atom stereocenters. The summed E-state index contributed by atoms with van der Waals surface area (Å²) in [7, 11) is 0. The van der Waals surface area contributed by atoms with Crippen molar-refractivity contribution in [2.24, 2.45) is 5.92 Å². The summed E-state index contributed by atoms with van der Waals surface area (Å²) in [6, 6.07) is 18.6. The van der Waals surface area contributed by atoms with E-state index < -0.39 is 0 Å². The predicted molar refractivity (Wildman–Crippen MR) is 90.7 cm³/mol. The zero-order valence-corrected chi connectivity index (χ0v) is 13.6. The molecule has 0 aliphatic heterocycles. The lowest BCUT2D eigenvalue weighted by atomic mass is 9.97. The predicted octanol–water partition coefficient (Wildman–Crippen LogP) is 5.70. The van der Waals surface area contributed by atoms with Crippen LogP contribution in [0.15, 0.2) is 64.4 Å². The Labute approximate surface area is 132 Å². The summed E-state index contributed by atoms with van der Waals surface area (Å²) >= 11 is 1.75. The van der Waals surface area contributed by atoms with Crippen LogP contribution in [0.5, 0.6) is 0 Å². The first kappa shape index (κ1) is 16.1. The summed E-state index contributed by atoms with van der Waals surface area (Å²) in [5, 5.41) is 10.2. The van der Waals surface area contributed by atoms with Crippen molar-refractivity contribution in [3.63, 3.8) is 0 Å². The summed E-state index contributed by atoms with van der Waals surface area (Å²) in [6.07, 6.45) is 2.77. The van der Waals surface area contributed by atoms with Crippen LogP contribution in [0.1, 0.15) is 44.8 Å². The maximum Gasteiger partial charge on any atom is 0.0790 e. The molecular formula is C19H24OS. The molecule has 0 saturated heterocycles. The third-order valence-electron chi connectivity index (χ3n) is 3.87. The molecule has 1 N–H and O–H groups in total. The molecule has 2 heteroatoms. The average Bonchev–Trinajstić information content (AvgIpc) is 2.54. The minimum Gasteiger partial charge on any atom is -0.388 e. The highest BCUT2D eigenvalue weighted by atomic mass is 32.2. The molecule has 0 aliphatic carbocycles. The fourth-order valence-electron chi connectivity index (χ4n) is 2.20. The van der Waals surface area contributed by atoms with Gasteiger partial charge >= 0.3 is 0 Å². The Hall–Kier alpha value is -1.25. The van der Waals surface area contributed by atoms with Crippen molar-refractivity contribution >= 4 is 11.8 Å². The van der Waals surface area contributed by atoms with Gasteiger partial charge in [0.05, 0.1) is 6.10 Å². The lowest BCUT2D eigenvalue weighted by Gasteiger charge is -2.14. The molecule has 2 aromatic rings. The van der Waals surface area contributed by atoms with Crippen LogP contribution in [0.4, 0.5) is 0 Å². The highest BCUT2D eigenvalue weighted by molar-refractivity contribution is 7.99. The standard InChI is InChI=1S/C19H24OS/c1-3-15(2)9-14-19(20)16-10-12-18(13-11-16)21-17-7-5-4-6-8-17/h4-8,10-13,15,19-20H,3,9,14H2,1-2H3. The molecule has 0 aliphatic rings. The highest BCUT2D eigenvalue weighted by Gasteiger charge is 2.09. The van der Waals surface area contributed by atoms with Gasteiger partial charge in [-0.15, -0.1) is 0 Å². The van der Waals surface area contributed by atoms with Gasteiger partial charge in [-0.2, -0.15) is 0 Å². The van der Waals surface area contributed by atoms with Crippen molar-refractivity contribution in [2.45, 2.75) is 49.0 Å². The van der Waals surface area contributed by atoms with E-state index in [-0.39, 0.29) is 6.10 Å². The molecule has 0 spiro atoms. The quantitative estimate of drug-likeness (QED) is 0.708. The van der Waals surface area contributed by atoms with E-state index in [2.05, 4.69) is 50.2 Å². The number of aliphatic hydroxyl groups excluding tert-OH is 1. The van der Waals surface area contributed by atoms with E-state index in [4.69, 9.17) is 0 Å². The molecule has 2 unspecified atom stereocenters. The largest absolute Gasteiger partial charge is 0.388 e. The summed E-state index contributed by atoms with van der Waals surface area (Å²) in [6.45, 7) is 4.44. The van der Waals surface area contributed by atoms with Crippen LogP contribution < -0.4 is 0 Å². The Morgan fingerprint density at radius 1 is 0.905 bits per heavy atom. The third kappa shape index (κ3) is 5.22. The van der Waals surface area contributed by atoms with E-state index in [0.717, 1.165) is 18.4 Å². The third-order valence-corrected chi connectivity index (χ3v) is 4.89.